The number of amides is 1. The molecule has 0 saturated carbocycles. The number of carbonyl (C=O) groups is 2. The first-order valence-electron chi connectivity index (χ1n) is 4.71. The van der Waals surface area contributed by atoms with Gasteiger partial charge in [0.25, 0.3) is 0 Å². The molecule has 6 heteroatoms. The molecule has 1 rings (SSSR count). The quantitative estimate of drug-likeness (QED) is 0.345. The molecule has 90 valence electrons. The van der Waals surface area contributed by atoms with E-state index >= 15 is 0 Å². The molecule has 2 atom stereocenters. The van der Waals surface area contributed by atoms with Gasteiger partial charge in [0.2, 0.25) is 5.91 Å². The zero-order valence-electron chi connectivity index (χ0n) is 9.61. The van der Waals surface area contributed by atoms with Crippen LogP contribution in [0.3, 0.4) is 0 Å². The number of rotatable bonds is 3. The second-order valence-electron chi connectivity index (χ2n) is 3.58. The van der Waals surface area contributed by atoms with Gasteiger partial charge in [-0.3, -0.25) is 9.69 Å². The topological polar surface area (TPSA) is 46.6 Å². The van der Waals surface area contributed by atoms with Crippen molar-refractivity contribution in [2.24, 2.45) is 0 Å². The van der Waals surface area contributed by atoms with Gasteiger partial charge in [0.1, 0.15) is 15.9 Å². The third-order valence-corrected chi connectivity index (χ3v) is 4.52. The number of allylic oxidation sites excluding steroid dienone is 1. The van der Waals surface area contributed by atoms with E-state index in [-0.39, 0.29) is 16.1 Å². The zero-order chi connectivity index (χ0) is 12.5. The number of esters is 1. The summed E-state index contributed by atoms with van der Waals surface area (Å²) in [4.78, 5) is 24.6. The summed E-state index contributed by atoms with van der Waals surface area (Å²) in [5.41, 5.74) is 1.13. The van der Waals surface area contributed by atoms with Gasteiger partial charge in [-0.05, 0) is 25.7 Å². The Morgan fingerprint density at radius 1 is 1.50 bits per heavy atom. The summed E-state index contributed by atoms with van der Waals surface area (Å²) in [6, 6.07) is 0. The lowest BCUT2D eigenvalue weighted by atomic mass is 10.1. The maximum atomic E-state index is 11.7. The molecule has 0 aromatic rings. The molecular formula is C10H14BrNO3S. The van der Waals surface area contributed by atoms with E-state index in [4.69, 9.17) is 4.74 Å². The smallest absolute Gasteiger partial charge is 0.354 e. The van der Waals surface area contributed by atoms with Crippen molar-refractivity contribution in [1.82, 2.24) is 4.90 Å². The van der Waals surface area contributed by atoms with Crippen molar-refractivity contribution in [2.75, 3.05) is 13.4 Å². The highest BCUT2D eigenvalue weighted by Crippen LogP contribution is 2.37. The number of hydrogen-bond acceptors (Lipinski definition) is 4. The van der Waals surface area contributed by atoms with Gasteiger partial charge in [0.05, 0.1) is 7.11 Å². The van der Waals surface area contributed by atoms with Crippen LogP contribution in [0.2, 0.25) is 0 Å². The predicted octanol–water partition coefficient (Wildman–Crippen LogP) is 1.75. The number of nitrogens with zero attached hydrogens (tertiary/aromatic N) is 1. The van der Waals surface area contributed by atoms with Gasteiger partial charge in [-0.1, -0.05) is 15.9 Å². The van der Waals surface area contributed by atoms with Gasteiger partial charge in [-0.25, -0.2) is 4.79 Å². The van der Waals surface area contributed by atoms with E-state index in [1.54, 1.807) is 13.8 Å². The number of β-lactam (4-membered cyclic amide) rings is 1. The normalized spacial score (nSPS) is 23.8. The minimum atomic E-state index is -0.466. The summed E-state index contributed by atoms with van der Waals surface area (Å²) in [5, 5.41) is -0.0449. The van der Waals surface area contributed by atoms with E-state index in [0.717, 1.165) is 5.57 Å². The molecule has 0 aliphatic carbocycles. The van der Waals surface area contributed by atoms with Crippen LogP contribution in [0, 0.1) is 0 Å². The Kier molecular flexibility index (Phi) is 4.43. The van der Waals surface area contributed by atoms with Crippen molar-refractivity contribution in [3.8, 4) is 0 Å². The summed E-state index contributed by atoms with van der Waals surface area (Å²) in [6.07, 6.45) is 1.90. The second kappa shape index (κ2) is 5.23. The van der Waals surface area contributed by atoms with Crippen LogP contribution in [0.15, 0.2) is 11.3 Å². The SMILES string of the molecule is COC(=O)C(=C(C)C)N1C(=O)[C@H](Br)[C@H]1SC. The second-order valence-corrected chi connectivity index (χ2v) is 5.52. The lowest BCUT2D eigenvalue weighted by Gasteiger charge is -2.44. The van der Waals surface area contributed by atoms with E-state index < -0.39 is 5.97 Å². The van der Waals surface area contributed by atoms with E-state index in [0.29, 0.717) is 5.70 Å². The maximum Gasteiger partial charge on any atom is 0.354 e. The Bertz CT molecular complexity index is 352. The maximum absolute atomic E-state index is 11.7. The highest BCUT2D eigenvalue weighted by Gasteiger charge is 2.49. The van der Waals surface area contributed by atoms with Crippen molar-refractivity contribution >= 4 is 39.6 Å². The van der Waals surface area contributed by atoms with Crippen LogP contribution in [0.25, 0.3) is 0 Å². The van der Waals surface area contributed by atoms with Crippen LogP contribution in [0.1, 0.15) is 13.8 Å². The molecule has 4 nitrogen and oxygen atoms in total. The summed E-state index contributed by atoms with van der Waals surface area (Å²) in [5.74, 6) is -0.562. The van der Waals surface area contributed by atoms with Gasteiger partial charge >= 0.3 is 5.97 Å². The number of thioether (sulfide) groups is 1. The standard InChI is InChI=1S/C10H14BrNO3S/c1-5(2)7(10(14)15-3)12-8(13)6(11)9(12)16-4/h6,9H,1-4H3/t6-,9+/m0/s1. The molecule has 1 saturated heterocycles. The number of carbonyl (C=O) groups excluding carboxylic acids is 2. The highest BCUT2D eigenvalue weighted by atomic mass is 79.9. The molecule has 0 aromatic heterocycles. The molecule has 0 unspecified atom stereocenters. The molecule has 1 aliphatic rings. The van der Waals surface area contributed by atoms with Crippen LogP contribution < -0.4 is 0 Å². The monoisotopic (exact) mass is 307 g/mol. The molecule has 1 heterocycles. The molecule has 0 bridgehead atoms. The number of halogens is 1. The fourth-order valence-corrected chi connectivity index (χ4v) is 3.41. The Morgan fingerprint density at radius 3 is 2.44 bits per heavy atom. The van der Waals surface area contributed by atoms with Crippen molar-refractivity contribution in [1.29, 1.82) is 0 Å². The fraction of sp³-hybridized carbons (Fsp3) is 0.600. The van der Waals surface area contributed by atoms with E-state index in [2.05, 4.69) is 15.9 Å². The molecule has 0 spiro atoms. The number of methoxy groups -OCH3 is 1. The van der Waals surface area contributed by atoms with Crippen LogP contribution in [0.5, 0.6) is 0 Å². The molecule has 0 N–H and O–H groups in total. The fourth-order valence-electron chi connectivity index (χ4n) is 1.53. The van der Waals surface area contributed by atoms with Crippen LogP contribution >= 0.6 is 27.7 Å². The van der Waals surface area contributed by atoms with Crippen LogP contribution in [-0.2, 0) is 14.3 Å². The molecule has 0 aromatic carbocycles. The van der Waals surface area contributed by atoms with E-state index in [1.807, 2.05) is 6.26 Å². The van der Waals surface area contributed by atoms with Crippen LogP contribution in [-0.4, -0.2) is 40.3 Å². The first kappa shape index (κ1) is 13.6. The van der Waals surface area contributed by atoms with Gasteiger partial charge in [-0.15, -0.1) is 11.8 Å². The van der Waals surface area contributed by atoms with E-state index in [9.17, 15) is 9.59 Å². The van der Waals surface area contributed by atoms with Crippen LogP contribution in [0.4, 0.5) is 0 Å². The van der Waals surface area contributed by atoms with Crippen molar-refractivity contribution in [3.63, 3.8) is 0 Å². The number of ether oxygens (including phenoxy) is 1. The summed E-state index contributed by atoms with van der Waals surface area (Å²) >= 11 is 4.82. The van der Waals surface area contributed by atoms with Crippen molar-refractivity contribution in [3.05, 3.63) is 11.3 Å². The zero-order valence-corrected chi connectivity index (χ0v) is 12.0. The average molecular weight is 308 g/mol. The van der Waals surface area contributed by atoms with Gasteiger partial charge in [0, 0.05) is 0 Å². The Hall–Kier alpha value is -0.490. The lowest BCUT2D eigenvalue weighted by Crippen LogP contribution is -2.60. The lowest BCUT2D eigenvalue weighted by molar-refractivity contribution is -0.146. The average Bonchev–Trinajstić information content (AvgIpc) is 2.26. The third kappa shape index (κ3) is 2.13. The van der Waals surface area contributed by atoms with Gasteiger partial charge in [0.15, 0.2) is 0 Å². The molecule has 16 heavy (non-hydrogen) atoms. The number of alkyl halides is 1. The van der Waals surface area contributed by atoms with Crippen molar-refractivity contribution in [2.45, 2.75) is 24.0 Å². The Labute approximate surface area is 108 Å². The molecule has 1 fully saturated rings. The Balaban J connectivity index is 3.03. The summed E-state index contributed by atoms with van der Waals surface area (Å²) in [7, 11) is 1.31. The minimum absolute atomic E-state index is 0.0449. The van der Waals surface area contributed by atoms with E-state index in [1.165, 1.54) is 23.8 Å². The number of hydrogen-bond donors (Lipinski definition) is 0. The minimum Gasteiger partial charge on any atom is -0.464 e. The van der Waals surface area contributed by atoms with Gasteiger partial charge < -0.3 is 4.74 Å². The molecular weight excluding hydrogens is 294 g/mol. The molecule has 1 aliphatic heterocycles. The summed E-state index contributed by atoms with van der Waals surface area (Å²) < 4.78 is 4.69. The highest BCUT2D eigenvalue weighted by molar-refractivity contribution is 9.10. The first-order chi connectivity index (χ1) is 7.45. The van der Waals surface area contributed by atoms with Crippen molar-refractivity contribution < 1.29 is 14.3 Å². The predicted molar refractivity (Wildman–Crippen MR) is 67.3 cm³/mol. The summed E-state index contributed by atoms with van der Waals surface area (Å²) in [6.45, 7) is 3.58. The largest absolute Gasteiger partial charge is 0.464 e. The third-order valence-electron chi connectivity index (χ3n) is 2.31. The Morgan fingerprint density at radius 2 is 2.06 bits per heavy atom. The molecule has 1 amide bonds. The first-order valence-corrected chi connectivity index (χ1v) is 6.91. The van der Waals surface area contributed by atoms with Gasteiger partial charge in [-0.2, -0.15) is 0 Å². The number of likely N-dealkylation sites (tertiary alicyclic amines) is 1. The molecule has 0 radical (unpaired) electrons.